The Hall–Kier alpha value is -4.11. The number of ether oxygens (including phenoxy) is 1. The first kappa shape index (κ1) is 16.4. The Balaban J connectivity index is 1.49. The molecule has 2 heterocycles. The molecule has 0 unspecified atom stereocenters. The molecule has 0 atom stereocenters. The van der Waals surface area contributed by atoms with E-state index in [0.717, 1.165) is 5.52 Å². The predicted molar refractivity (Wildman–Crippen MR) is 101 cm³/mol. The summed E-state index contributed by atoms with van der Waals surface area (Å²) in [7, 11) is 0. The van der Waals surface area contributed by atoms with Gasteiger partial charge in [-0.1, -0.05) is 18.2 Å². The van der Waals surface area contributed by atoms with E-state index >= 15 is 0 Å². The number of nitrogens with one attached hydrogen (secondary N) is 1. The fraction of sp³-hybridized carbons (Fsp3) is 0. The lowest BCUT2D eigenvalue weighted by atomic mass is 10.2. The van der Waals surface area contributed by atoms with Gasteiger partial charge in [-0.3, -0.25) is 4.79 Å². The number of carbonyl (C=O) groups is 1. The maximum atomic E-state index is 12.5. The van der Waals surface area contributed by atoms with E-state index in [0.29, 0.717) is 28.3 Å². The normalized spacial score (nSPS) is 10.3. The van der Waals surface area contributed by atoms with Crippen molar-refractivity contribution in [3.63, 3.8) is 0 Å². The zero-order valence-corrected chi connectivity index (χ0v) is 14.2. The lowest BCUT2D eigenvalue weighted by Crippen LogP contribution is -2.11. The molecule has 6 nitrogen and oxygen atoms in total. The van der Waals surface area contributed by atoms with E-state index in [1.807, 2.05) is 18.2 Å². The van der Waals surface area contributed by atoms with Crippen molar-refractivity contribution in [2.45, 2.75) is 0 Å². The third-order valence-corrected chi connectivity index (χ3v) is 4.02. The Morgan fingerprint density at radius 2 is 1.81 bits per heavy atom. The largest absolute Gasteiger partial charge is 0.456 e. The van der Waals surface area contributed by atoms with E-state index in [9.17, 15) is 4.79 Å². The van der Waals surface area contributed by atoms with Crippen molar-refractivity contribution < 1.29 is 9.53 Å². The topological polar surface area (TPSA) is 79.4 Å². The third-order valence-electron chi connectivity index (χ3n) is 4.02. The molecule has 0 spiro atoms. The molecule has 0 radical (unpaired) electrons. The van der Waals surface area contributed by atoms with Gasteiger partial charge in [0.05, 0.1) is 22.8 Å². The number of aromatic nitrogens is 2. The summed E-state index contributed by atoms with van der Waals surface area (Å²) in [5, 5.41) is 16.1. The Kier molecular flexibility index (Phi) is 4.25. The smallest absolute Gasteiger partial charge is 0.259 e. The molecule has 1 amide bonds. The highest BCUT2D eigenvalue weighted by molar-refractivity contribution is 6.08. The second-order valence-electron chi connectivity index (χ2n) is 5.78. The van der Waals surface area contributed by atoms with Gasteiger partial charge in [0.2, 0.25) is 0 Å². The van der Waals surface area contributed by atoms with Gasteiger partial charge in [0.1, 0.15) is 17.6 Å². The fourth-order valence-corrected chi connectivity index (χ4v) is 2.69. The van der Waals surface area contributed by atoms with Crippen LogP contribution in [0, 0.1) is 11.3 Å². The minimum absolute atomic E-state index is 0.236. The summed E-state index contributed by atoms with van der Waals surface area (Å²) in [6, 6.07) is 21.6. The summed E-state index contributed by atoms with van der Waals surface area (Å²) in [5.74, 6) is 0.828. The van der Waals surface area contributed by atoms with Gasteiger partial charge in [-0.2, -0.15) is 10.4 Å². The molecule has 0 bridgehead atoms. The van der Waals surface area contributed by atoms with Crippen LogP contribution in [0.1, 0.15) is 15.9 Å². The van der Waals surface area contributed by atoms with Gasteiger partial charge in [0.25, 0.3) is 5.91 Å². The van der Waals surface area contributed by atoms with E-state index in [1.54, 1.807) is 65.4 Å². The van der Waals surface area contributed by atoms with Crippen molar-refractivity contribution in [3.8, 4) is 17.6 Å². The first-order chi connectivity index (χ1) is 13.2. The summed E-state index contributed by atoms with van der Waals surface area (Å²) >= 11 is 0. The number of para-hydroxylation sites is 1. The third kappa shape index (κ3) is 3.34. The first-order valence-corrected chi connectivity index (χ1v) is 8.25. The Morgan fingerprint density at radius 3 is 2.63 bits per heavy atom. The van der Waals surface area contributed by atoms with Crippen molar-refractivity contribution in [3.05, 3.63) is 90.3 Å². The minimum Gasteiger partial charge on any atom is -0.456 e. The number of fused-ring (bicyclic) bond motifs is 1. The molecule has 0 saturated heterocycles. The molecule has 0 fully saturated rings. The molecular formula is C21H14N4O2. The lowest BCUT2D eigenvalue weighted by molar-refractivity contribution is 0.102. The summed E-state index contributed by atoms with van der Waals surface area (Å²) in [6.45, 7) is 0. The van der Waals surface area contributed by atoms with Crippen LogP contribution >= 0.6 is 0 Å². The van der Waals surface area contributed by atoms with Crippen LogP contribution in [0.4, 0.5) is 5.69 Å². The van der Waals surface area contributed by atoms with Gasteiger partial charge >= 0.3 is 0 Å². The van der Waals surface area contributed by atoms with Crippen LogP contribution < -0.4 is 10.1 Å². The number of hydrogen-bond acceptors (Lipinski definition) is 4. The molecule has 0 aliphatic carbocycles. The number of rotatable bonds is 4. The molecule has 0 saturated carbocycles. The van der Waals surface area contributed by atoms with E-state index in [4.69, 9.17) is 10.00 Å². The Morgan fingerprint density at radius 1 is 1.04 bits per heavy atom. The van der Waals surface area contributed by atoms with Crippen LogP contribution in [0.25, 0.3) is 5.52 Å². The van der Waals surface area contributed by atoms with Gasteiger partial charge in [-0.05, 0) is 48.5 Å². The van der Waals surface area contributed by atoms with Crippen molar-refractivity contribution in [2.24, 2.45) is 0 Å². The monoisotopic (exact) mass is 354 g/mol. The standard InChI is InChI=1S/C21H14N4O2/c22-13-15-5-1-2-7-20(15)27-17-10-8-16(9-11-17)24-21(26)18-14-23-25-12-4-3-6-19(18)25/h1-12,14H,(H,24,26). The number of nitriles is 1. The van der Waals surface area contributed by atoms with Crippen LogP contribution in [-0.4, -0.2) is 15.5 Å². The van der Waals surface area contributed by atoms with E-state index in [1.165, 1.54) is 0 Å². The number of carbonyl (C=O) groups excluding carboxylic acids is 1. The van der Waals surface area contributed by atoms with E-state index in [-0.39, 0.29) is 5.91 Å². The number of hydrogen-bond donors (Lipinski definition) is 1. The summed E-state index contributed by atoms with van der Waals surface area (Å²) in [5.41, 5.74) is 2.33. The number of nitrogens with zero attached hydrogens (tertiary/aromatic N) is 3. The summed E-state index contributed by atoms with van der Waals surface area (Å²) < 4.78 is 7.39. The zero-order valence-electron chi connectivity index (χ0n) is 14.2. The molecule has 2 aromatic carbocycles. The molecule has 27 heavy (non-hydrogen) atoms. The Bertz CT molecular complexity index is 1160. The van der Waals surface area contributed by atoms with Gasteiger partial charge in [-0.25, -0.2) is 4.52 Å². The van der Waals surface area contributed by atoms with Crippen LogP contribution in [0.5, 0.6) is 11.5 Å². The molecule has 2 aromatic heterocycles. The highest BCUT2D eigenvalue weighted by Crippen LogP contribution is 2.26. The second-order valence-corrected chi connectivity index (χ2v) is 5.78. The van der Waals surface area contributed by atoms with Gasteiger partial charge in [-0.15, -0.1) is 0 Å². The van der Waals surface area contributed by atoms with Crippen LogP contribution in [0.2, 0.25) is 0 Å². The second kappa shape index (κ2) is 7.02. The first-order valence-electron chi connectivity index (χ1n) is 8.25. The lowest BCUT2D eigenvalue weighted by Gasteiger charge is -2.09. The molecular weight excluding hydrogens is 340 g/mol. The van der Waals surface area contributed by atoms with Gasteiger partial charge in [0.15, 0.2) is 0 Å². The van der Waals surface area contributed by atoms with Crippen LogP contribution in [0.3, 0.4) is 0 Å². The van der Waals surface area contributed by atoms with Crippen molar-refractivity contribution in [2.75, 3.05) is 5.32 Å². The average molecular weight is 354 g/mol. The fourth-order valence-electron chi connectivity index (χ4n) is 2.69. The number of benzene rings is 2. The number of pyridine rings is 1. The van der Waals surface area contributed by atoms with Gasteiger partial charge in [0, 0.05) is 11.9 Å². The quantitative estimate of drug-likeness (QED) is 0.594. The van der Waals surface area contributed by atoms with Crippen LogP contribution in [-0.2, 0) is 0 Å². The van der Waals surface area contributed by atoms with Crippen LogP contribution in [0.15, 0.2) is 79.1 Å². The Labute approximate surface area is 155 Å². The number of anilines is 1. The number of amides is 1. The van der Waals surface area contributed by atoms with E-state index in [2.05, 4.69) is 16.5 Å². The molecule has 4 rings (SSSR count). The SMILES string of the molecule is N#Cc1ccccc1Oc1ccc(NC(=O)c2cnn3ccccc23)cc1. The molecule has 0 aliphatic rings. The highest BCUT2D eigenvalue weighted by Gasteiger charge is 2.12. The van der Waals surface area contributed by atoms with Crippen molar-refractivity contribution in [1.82, 2.24) is 9.61 Å². The summed E-state index contributed by atoms with van der Waals surface area (Å²) in [4.78, 5) is 12.5. The summed E-state index contributed by atoms with van der Waals surface area (Å²) in [6.07, 6.45) is 3.33. The average Bonchev–Trinajstić information content (AvgIpc) is 3.14. The molecule has 130 valence electrons. The molecule has 6 heteroatoms. The highest BCUT2D eigenvalue weighted by atomic mass is 16.5. The van der Waals surface area contributed by atoms with Crippen molar-refractivity contribution in [1.29, 1.82) is 5.26 Å². The van der Waals surface area contributed by atoms with E-state index < -0.39 is 0 Å². The van der Waals surface area contributed by atoms with Crippen molar-refractivity contribution >= 4 is 17.1 Å². The molecule has 4 aromatic rings. The predicted octanol–water partition coefficient (Wildman–Crippen LogP) is 4.25. The minimum atomic E-state index is -0.236. The molecule has 0 aliphatic heterocycles. The maximum absolute atomic E-state index is 12.5. The molecule has 1 N–H and O–H groups in total. The maximum Gasteiger partial charge on any atom is 0.259 e. The van der Waals surface area contributed by atoms with Gasteiger partial charge < -0.3 is 10.1 Å². The zero-order chi connectivity index (χ0) is 18.6.